The highest BCUT2D eigenvalue weighted by Crippen LogP contribution is 2.09. The molecule has 128 valence electrons. The van der Waals surface area contributed by atoms with Gasteiger partial charge in [-0.3, -0.25) is 4.79 Å². The summed E-state index contributed by atoms with van der Waals surface area (Å²) >= 11 is 0. The number of imidazole rings is 1. The quantitative estimate of drug-likeness (QED) is 0.760. The van der Waals surface area contributed by atoms with Gasteiger partial charge < -0.3 is 19.5 Å². The van der Waals surface area contributed by atoms with Crippen LogP contribution in [0, 0.1) is 0 Å². The van der Waals surface area contributed by atoms with Gasteiger partial charge in [0.2, 0.25) is 0 Å². The lowest BCUT2D eigenvalue weighted by atomic mass is 10.2. The largest absolute Gasteiger partial charge is 0.461 e. The van der Waals surface area contributed by atoms with Crippen LogP contribution in [0.1, 0.15) is 27.8 Å². The molecule has 0 aliphatic rings. The van der Waals surface area contributed by atoms with E-state index in [1.165, 1.54) is 6.33 Å². The first kappa shape index (κ1) is 17.5. The van der Waals surface area contributed by atoms with Crippen LogP contribution in [0.15, 0.2) is 30.9 Å². The molecule has 8 nitrogen and oxygen atoms in total. The molecule has 1 N–H and O–H groups in total. The van der Waals surface area contributed by atoms with Crippen LogP contribution in [0.3, 0.4) is 0 Å². The number of hydrogen-bond acceptors (Lipinski definition) is 6. The molecule has 2 heterocycles. The Labute approximate surface area is 140 Å². The van der Waals surface area contributed by atoms with E-state index in [1.807, 2.05) is 19.0 Å². The summed E-state index contributed by atoms with van der Waals surface area (Å²) in [5, 5.41) is 2.83. The molecule has 0 aliphatic carbocycles. The Balaban J connectivity index is 1.87. The second-order valence-electron chi connectivity index (χ2n) is 5.27. The van der Waals surface area contributed by atoms with Crippen molar-refractivity contribution in [3.63, 3.8) is 0 Å². The summed E-state index contributed by atoms with van der Waals surface area (Å²) < 4.78 is 6.60. The number of hydrogen-bond donors (Lipinski definition) is 1. The first-order valence-electron chi connectivity index (χ1n) is 7.61. The summed E-state index contributed by atoms with van der Waals surface area (Å²) in [7, 11) is 3.73. The van der Waals surface area contributed by atoms with Crippen molar-refractivity contribution in [3.05, 3.63) is 42.1 Å². The molecule has 0 aromatic carbocycles. The van der Waals surface area contributed by atoms with Crippen molar-refractivity contribution >= 4 is 17.7 Å². The zero-order valence-corrected chi connectivity index (χ0v) is 14.0. The molecule has 0 radical (unpaired) electrons. The standard InChI is InChI=1S/C16H21N5O3/c1-4-24-16(23)13-10-21(11-19-13)8-7-18-15(22)12-5-6-17-14(9-12)20(2)3/h5-6,9-11H,4,7-8H2,1-3H3,(H,18,22). The fraction of sp³-hybridized carbons (Fsp3) is 0.375. The van der Waals surface area contributed by atoms with Gasteiger partial charge >= 0.3 is 5.97 Å². The van der Waals surface area contributed by atoms with Crippen molar-refractivity contribution < 1.29 is 14.3 Å². The van der Waals surface area contributed by atoms with E-state index in [4.69, 9.17) is 4.74 Å². The lowest BCUT2D eigenvalue weighted by Crippen LogP contribution is -2.27. The minimum Gasteiger partial charge on any atom is -0.461 e. The number of rotatable bonds is 7. The minimum absolute atomic E-state index is 0.175. The van der Waals surface area contributed by atoms with Gasteiger partial charge in [-0.25, -0.2) is 14.8 Å². The smallest absolute Gasteiger partial charge is 0.358 e. The summed E-state index contributed by atoms with van der Waals surface area (Å²) in [6, 6.07) is 3.39. The molecule has 0 saturated heterocycles. The van der Waals surface area contributed by atoms with Gasteiger partial charge in [-0.2, -0.15) is 0 Å². The van der Waals surface area contributed by atoms with Gasteiger partial charge in [0.05, 0.1) is 12.9 Å². The predicted molar refractivity (Wildman–Crippen MR) is 89.1 cm³/mol. The highest BCUT2D eigenvalue weighted by molar-refractivity contribution is 5.94. The van der Waals surface area contributed by atoms with Crippen molar-refractivity contribution in [2.75, 3.05) is 32.1 Å². The van der Waals surface area contributed by atoms with Crippen LogP contribution < -0.4 is 10.2 Å². The minimum atomic E-state index is -0.451. The molecule has 24 heavy (non-hydrogen) atoms. The summed E-state index contributed by atoms with van der Waals surface area (Å²) in [6.45, 7) is 2.97. The van der Waals surface area contributed by atoms with Gasteiger partial charge in [0, 0.05) is 45.1 Å². The molecule has 0 aliphatic heterocycles. The molecular weight excluding hydrogens is 310 g/mol. The van der Waals surface area contributed by atoms with E-state index in [0.29, 0.717) is 25.3 Å². The van der Waals surface area contributed by atoms with Gasteiger partial charge in [0.25, 0.3) is 5.91 Å². The number of aromatic nitrogens is 3. The number of carbonyl (C=O) groups is 2. The number of nitrogens with zero attached hydrogens (tertiary/aromatic N) is 4. The van der Waals surface area contributed by atoms with Crippen LogP contribution in [0.4, 0.5) is 5.82 Å². The molecule has 2 aromatic heterocycles. The first-order chi connectivity index (χ1) is 11.5. The third kappa shape index (κ3) is 4.55. The van der Waals surface area contributed by atoms with Gasteiger partial charge in [-0.15, -0.1) is 0 Å². The van der Waals surface area contributed by atoms with Crippen LogP contribution in [-0.4, -0.2) is 53.7 Å². The SMILES string of the molecule is CCOC(=O)c1cn(CCNC(=O)c2ccnc(N(C)C)c2)cn1. The molecule has 0 unspecified atom stereocenters. The highest BCUT2D eigenvalue weighted by Gasteiger charge is 2.10. The van der Waals surface area contributed by atoms with E-state index >= 15 is 0 Å². The number of anilines is 1. The number of esters is 1. The number of ether oxygens (including phenoxy) is 1. The van der Waals surface area contributed by atoms with E-state index in [0.717, 1.165) is 5.82 Å². The predicted octanol–water partition coefficient (Wildman–Crippen LogP) is 0.951. The average Bonchev–Trinajstić information content (AvgIpc) is 3.04. The van der Waals surface area contributed by atoms with E-state index in [2.05, 4.69) is 15.3 Å². The number of nitrogens with one attached hydrogen (secondary N) is 1. The summed E-state index contributed by atoms with van der Waals surface area (Å²) in [5.41, 5.74) is 0.805. The van der Waals surface area contributed by atoms with Crippen LogP contribution in [0.2, 0.25) is 0 Å². The molecular formula is C16H21N5O3. The van der Waals surface area contributed by atoms with Crippen molar-refractivity contribution in [2.45, 2.75) is 13.5 Å². The molecule has 0 saturated carbocycles. The molecule has 0 fully saturated rings. The van der Waals surface area contributed by atoms with Crippen molar-refractivity contribution in [2.24, 2.45) is 0 Å². The Morgan fingerprint density at radius 3 is 2.83 bits per heavy atom. The van der Waals surface area contributed by atoms with Crippen molar-refractivity contribution in [1.29, 1.82) is 0 Å². The van der Waals surface area contributed by atoms with Gasteiger partial charge in [-0.1, -0.05) is 0 Å². The second-order valence-corrected chi connectivity index (χ2v) is 5.27. The third-order valence-electron chi connectivity index (χ3n) is 3.24. The summed E-state index contributed by atoms with van der Waals surface area (Å²) in [5.74, 6) is 0.0934. The summed E-state index contributed by atoms with van der Waals surface area (Å²) in [4.78, 5) is 33.7. The van der Waals surface area contributed by atoms with E-state index in [1.54, 1.807) is 36.0 Å². The van der Waals surface area contributed by atoms with Gasteiger partial charge in [-0.05, 0) is 19.1 Å². The van der Waals surface area contributed by atoms with Crippen molar-refractivity contribution in [1.82, 2.24) is 19.9 Å². The summed E-state index contributed by atoms with van der Waals surface area (Å²) in [6.07, 6.45) is 4.74. The first-order valence-corrected chi connectivity index (χ1v) is 7.61. The van der Waals surface area contributed by atoms with Gasteiger partial charge in [0.15, 0.2) is 5.69 Å². The highest BCUT2D eigenvalue weighted by atomic mass is 16.5. The molecule has 0 bridgehead atoms. The lowest BCUT2D eigenvalue weighted by molar-refractivity contribution is 0.0519. The maximum atomic E-state index is 12.2. The molecule has 0 atom stereocenters. The Morgan fingerprint density at radius 1 is 1.33 bits per heavy atom. The number of carbonyl (C=O) groups excluding carboxylic acids is 2. The van der Waals surface area contributed by atoms with Crippen LogP contribution in [0.25, 0.3) is 0 Å². The number of amides is 1. The molecule has 8 heteroatoms. The van der Waals surface area contributed by atoms with E-state index < -0.39 is 5.97 Å². The Morgan fingerprint density at radius 2 is 2.12 bits per heavy atom. The molecule has 1 amide bonds. The zero-order valence-electron chi connectivity index (χ0n) is 14.0. The van der Waals surface area contributed by atoms with Crippen LogP contribution >= 0.6 is 0 Å². The zero-order chi connectivity index (χ0) is 17.5. The molecule has 2 aromatic rings. The Bertz CT molecular complexity index is 711. The Hall–Kier alpha value is -2.90. The maximum Gasteiger partial charge on any atom is 0.358 e. The normalized spacial score (nSPS) is 10.3. The third-order valence-corrected chi connectivity index (χ3v) is 3.24. The second kappa shape index (κ2) is 8.09. The van der Waals surface area contributed by atoms with E-state index in [9.17, 15) is 9.59 Å². The fourth-order valence-electron chi connectivity index (χ4n) is 2.00. The lowest BCUT2D eigenvalue weighted by Gasteiger charge is -2.12. The van der Waals surface area contributed by atoms with Crippen molar-refractivity contribution in [3.8, 4) is 0 Å². The average molecular weight is 331 g/mol. The van der Waals surface area contributed by atoms with Gasteiger partial charge in [0.1, 0.15) is 5.82 Å². The Kier molecular flexibility index (Phi) is 5.89. The van der Waals surface area contributed by atoms with E-state index in [-0.39, 0.29) is 11.6 Å². The number of pyridine rings is 1. The van der Waals surface area contributed by atoms with Crippen LogP contribution in [-0.2, 0) is 11.3 Å². The molecule has 2 rings (SSSR count). The molecule has 0 spiro atoms. The van der Waals surface area contributed by atoms with Crippen LogP contribution in [0.5, 0.6) is 0 Å². The maximum absolute atomic E-state index is 12.2. The monoisotopic (exact) mass is 331 g/mol. The topological polar surface area (TPSA) is 89.3 Å². The fourth-order valence-corrected chi connectivity index (χ4v) is 2.00.